The van der Waals surface area contributed by atoms with Crippen LogP contribution in [0.15, 0.2) is 38.7 Å². The molecule has 1 fully saturated rings. The van der Waals surface area contributed by atoms with Gasteiger partial charge in [-0.3, -0.25) is 14.5 Å². The second kappa shape index (κ2) is 11.6. The number of fused-ring (bicyclic) bond motifs is 1. The van der Waals surface area contributed by atoms with Crippen LogP contribution in [0, 0.1) is 0 Å². The lowest BCUT2D eigenvalue weighted by Crippen LogP contribution is -2.71. The number of nitrogens with zero attached hydrogens (tertiary/aromatic N) is 5. The molecule has 1 aromatic heterocycles. The lowest BCUT2D eigenvalue weighted by molar-refractivity contribution is -0.161. The maximum atomic E-state index is 13.2. The van der Waals surface area contributed by atoms with Gasteiger partial charge in [-0.05, 0) is 25.5 Å². The van der Waals surface area contributed by atoms with Crippen LogP contribution in [-0.4, -0.2) is 101 Å². The van der Waals surface area contributed by atoms with Gasteiger partial charge < -0.3 is 42.5 Å². The van der Waals surface area contributed by atoms with Crippen LogP contribution < -0.4 is 22.5 Å². The number of aliphatic imine (C=N–C) groups is 1. The van der Waals surface area contributed by atoms with Crippen LogP contribution in [0.25, 0.3) is 0 Å². The predicted molar refractivity (Wildman–Crippen MR) is 153 cm³/mol. The number of aliphatic carboxylic acids is 2. The number of thioether (sulfide) groups is 2. The zero-order chi connectivity index (χ0) is 30.2. The lowest BCUT2D eigenvalue weighted by Gasteiger charge is -2.49. The van der Waals surface area contributed by atoms with Crippen molar-refractivity contribution in [3.05, 3.63) is 34.2 Å². The predicted octanol–water partition coefficient (Wildman–Crippen LogP) is -0.833. The number of nitrogens with one attached hydrogen (secondary N) is 1. The summed E-state index contributed by atoms with van der Waals surface area (Å²) in [5.74, 6) is -3.40. The molecule has 3 atom stereocenters. The molecular formula is C22H27N9O7S3. The fraction of sp³-hybridized carbons (Fsp3) is 0.409. The molecule has 0 radical (unpaired) electrons. The van der Waals surface area contributed by atoms with Crippen molar-refractivity contribution in [2.24, 2.45) is 21.6 Å². The third-order valence-electron chi connectivity index (χ3n) is 6.09. The fourth-order valence-corrected chi connectivity index (χ4v) is 6.79. The quantitative estimate of drug-likeness (QED) is 0.111. The summed E-state index contributed by atoms with van der Waals surface area (Å²) >= 11 is 3.53. The monoisotopic (exact) mass is 625 g/mol. The summed E-state index contributed by atoms with van der Waals surface area (Å²) in [6.45, 7) is 2.48. The number of carbonyl (C=O) groups is 4. The Morgan fingerprint density at radius 3 is 2.63 bits per heavy atom. The van der Waals surface area contributed by atoms with Crippen molar-refractivity contribution < 1.29 is 34.2 Å². The standard InChI is InChI=1S/C22H27N9O7S3/c1-22(2,19(36)37)38-29-12(9-7-40-20(25)26-9)15(32)28-13-16(33)31-14(18(34)35)8(5-39-17(13)31)6-41-21-27-10(23)4-11(24)30(21)3/h4,7,11,13,17H,5-6,23-24H2,1-3H3,(H2,25,26)(H,28,32)(H,34,35)(H,36,37)/b29-12-/t11?,13?,17-/m0/s1. The molecule has 16 nitrogen and oxygen atoms in total. The van der Waals surface area contributed by atoms with Crippen molar-refractivity contribution in [3.63, 3.8) is 0 Å². The Kier molecular flexibility index (Phi) is 8.52. The minimum Gasteiger partial charge on any atom is -0.478 e. The maximum absolute atomic E-state index is 13.2. The minimum absolute atomic E-state index is 0.0161. The largest absolute Gasteiger partial charge is 0.478 e. The van der Waals surface area contributed by atoms with Crippen molar-refractivity contribution in [1.29, 1.82) is 0 Å². The number of carboxylic acid groups (broad SMARTS) is 2. The maximum Gasteiger partial charge on any atom is 0.352 e. The van der Waals surface area contributed by atoms with E-state index in [0.717, 1.165) is 16.2 Å². The number of aromatic nitrogens is 1. The molecule has 1 aromatic rings. The number of oxime groups is 1. The number of β-lactam (4-membered cyclic amide) rings is 1. The van der Waals surface area contributed by atoms with E-state index in [1.54, 1.807) is 18.0 Å². The van der Waals surface area contributed by atoms with Gasteiger partial charge in [0.1, 0.15) is 34.8 Å². The Morgan fingerprint density at radius 2 is 2.02 bits per heavy atom. The van der Waals surface area contributed by atoms with Crippen molar-refractivity contribution in [3.8, 4) is 0 Å². The van der Waals surface area contributed by atoms with Crippen molar-refractivity contribution in [1.82, 2.24) is 20.1 Å². The molecule has 2 unspecified atom stereocenters. The van der Waals surface area contributed by atoms with Crippen LogP contribution in [0.3, 0.4) is 0 Å². The normalized spacial score (nSPS) is 22.9. The first-order valence-electron chi connectivity index (χ1n) is 11.8. The van der Waals surface area contributed by atoms with Crippen LogP contribution in [0.5, 0.6) is 0 Å². The second-order valence-electron chi connectivity index (χ2n) is 9.41. The number of amides is 2. The van der Waals surface area contributed by atoms with E-state index in [1.165, 1.54) is 42.8 Å². The van der Waals surface area contributed by atoms with Gasteiger partial charge in [0.05, 0.1) is 0 Å². The number of carboxylic acids is 2. The van der Waals surface area contributed by atoms with Crippen LogP contribution in [0.2, 0.25) is 0 Å². The van der Waals surface area contributed by atoms with Gasteiger partial charge in [-0.1, -0.05) is 16.9 Å². The molecule has 0 aromatic carbocycles. The number of anilines is 1. The topological polar surface area (TPSA) is 252 Å². The number of rotatable bonds is 9. The minimum atomic E-state index is -1.77. The van der Waals surface area contributed by atoms with Crippen molar-refractivity contribution in [2.45, 2.75) is 37.0 Å². The van der Waals surface area contributed by atoms with Crippen LogP contribution in [0.4, 0.5) is 5.13 Å². The van der Waals surface area contributed by atoms with E-state index >= 15 is 0 Å². The van der Waals surface area contributed by atoms with Crippen molar-refractivity contribution >= 4 is 74.6 Å². The molecular weight excluding hydrogens is 598 g/mol. The second-order valence-corrected chi connectivity index (χ2v) is 12.3. The van der Waals surface area contributed by atoms with Gasteiger partial charge in [-0.15, -0.1) is 23.1 Å². The molecule has 4 rings (SSSR count). The highest BCUT2D eigenvalue weighted by Gasteiger charge is 2.54. The lowest BCUT2D eigenvalue weighted by atomic mass is 10.0. The number of carbonyl (C=O) groups excluding carboxylic acids is 2. The Bertz CT molecular complexity index is 1420. The number of hydrogen-bond donors (Lipinski definition) is 6. The molecule has 0 aliphatic carbocycles. The molecule has 3 aliphatic heterocycles. The summed E-state index contributed by atoms with van der Waals surface area (Å²) in [7, 11) is 1.73. The highest BCUT2D eigenvalue weighted by molar-refractivity contribution is 8.14. The Hall–Kier alpha value is -3.81. The molecule has 4 heterocycles. The number of amidine groups is 1. The van der Waals surface area contributed by atoms with Gasteiger partial charge in [-0.25, -0.2) is 19.6 Å². The highest BCUT2D eigenvalue weighted by Crippen LogP contribution is 2.41. The number of thiazole rings is 1. The Morgan fingerprint density at radius 1 is 1.32 bits per heavy atom. The van der Waals surface area contributed by atoms with Gasteiger partial charge in [0.25, 0.3) is 11.8 Å². The number of nitrogen functional groups attached to an aromatic ring is 1. The van der Waals surface area contributed by atoms with E-state index in [2.05, 4.69) is 20.4 Å². The summed E-state index contributed by atoms with van der Waals surface area (Å²) < 4.78 is 0. The zero-order valence-corrected chi connectivity index (χ0v) is 24.4. The van der Waals surface area contributed by atoms with E-state index in [9.17, 15) is 29.4 Å². The van der Waals surface area contributed by atoms with Gasteiger partial charge in [-0.2, -0.15) is 0 Å². The average Bonchev–Trinajstić information content (AvgIpc) is 3.33. The zero-order valence-electron chi connectivity index (χ0n) is 21.9. The summed E-state index contributed by atoms with van der Waals surface area (Å²) in [5, 5.41) is 26.9. The molecule has 41 heavy (non-hydrogen) atoms. The summed E-state index contributed by atoms with van der Waals surface area (Å²) in [4.78, 5) is 66.2. The van der Waals surface area contributed by atoms with Gasteiger partial charge >= 0.3 is 11.9 Å². The molecule has 0 saturated carbocycles. The van der Waals surface area contributed by atoms with Gasteiger partial charge in [0.2, 0.25) is 5.60 Å². The van der Waals surface area contributed by atoms with Crippen LogP contribution in [0.1, 0.15) is 19.5 Å². The highest BCUT2D eigenvalue weighted by atomic mass is 32.2. The summed E-state index contributed by atoms with van der Waals surface area (Å²) in [6, 6.07) is -1.08. The molecule has 9 N–H and O–H groups in total. The van der Waals surface area contributed by atoms with Crippen molar-refractivity contribution in [2.75, 3.05) is 24.3 Å². The molecule has 0 spiro atoms. The third-order valence-corrected chi connectivity index (χ3v) is 9.23. The Balaban J connectivity index is 1.51. The van der Waals surface area contributed by atoms with E-state index in [4.69, 9.17) is 22.0 Å². The van der Waals surface area contributed by atoms with E-state index in [-0.39, 0.29) is 33.8 Å². The third kappa shape index (κ3) is 6.11. The molecule has 3 aliphatic rings. The molecule has 1 saturated heterocycles. The molecule has 0 bridgehead atoms. The summed E-state index contributed by atoms with van der Waals surface area (Å²) in [5.41, 5.74) is 15.7. The van der Waals surface area contributed by atoms with Crippen LogP contribution in [-0.2, 0) is 24.0 Å². The molecule has 19 heteroatoms. The smallest absolute Gasteiger partial charge is 0.352 e. The fourth-order valence-electron chi connectivity index (χ4n) is 3.73. The van der Waals surface area contributed by atoms with E-state index in [1.807, 2.05) is 0 Å². The SMILES string of the molecule is CN1C(SCC2=C(C(=O)O)N3C(=O)C(NC(=O)/C(=N\OC(C)(C)C(=O)O)c4csc(N)n4)[C@@H]3SC2)=NC(N)=CC1N. The number of nitrogens with two attached hydrogens (primary N) is 3. The number of hydrogen-bond acceptors (Lipinski definition) is 15. The van der Waals surface area contributed by atoms with E-state index < -0.39 is 52.6 Å². The molecule has 2 amide bonds. The first-order valence-corrected chi connectivity index (χ1v) is 14.7. The van der Waals surface area contributed by atoms with E-state index in [0.29, 0.717) is 10.7 Å². The van der Waals surface area contributed by atoms with Gasteiger partial charge in [0, 0.05) is 23.9 Å². The first kappa shape index (κ1) is 30.2. The Labute approximate surface area is 245 Å². The first-order chi connectivity index (χ1) is 19.2. The molecule has 220 valence electrons. The number of likely N-dealkylation sites (N-methyl/N-ethyl adjacent to an activating group) is 1. The van der Waals surface area contributed by atoms with Gasteiger partial charge in [0.15, 0.2) is 16.0 Å². The van der Waals surface area contributed by atoms with Crippen LogP contribution >= 0.6 is 34.9 Å². The average molecular weight is 626 g/mol. The summed E-state index contributed by atoms with van der Waals surface area (Å²) in [6.07, 6.45) is 1.10.